The first kappa shape index (κ1) is 11.9. The third kappa shape index (κ3) is 3.52. The Hall–Kier alpha value is -2.18. The molecule has 0 radical (unpaired) electrons. The number of carbonyl (C=O) groups excluding carboxylic acids is 1. The Bertz CT molecular complexity index is 487. The van der Waals surface area contributed by atoms with Crippen LogP contribution in [0, 0.1) is 10.1 Å². The Morgan fingerprint density at radius 3 is 3.12 bits per heavy atom. The number of hydrogen-bond donors (Lipinski definition) is 0. The summed E-state index contributed by atoms with van der Waals surface area (Å²) >= 11 is 1.28. The van der Waals surface area contributed by atoms with Gasteiger partial charge in [-0.3, -0.25) is 14.9 Å². The van der Waals surface area contributed by atoms with E-state index < -0.39 is 17.3 Å². The van der Waals surface area contributed by atoms with E-state index in [2.05, 4.69) is 10.0 Å². The van der Waals surface area contributed by atoms with E-state index >= 15 is 0 Å². The average Bonchev–Trinajstić information content (AvgIpc) is 2.62. The normalized spacial score (nSPS) is 10.0. The van der Waals surface area contributed by atoms with Gasteiger partial charge in [0.2, 0.25) is 5.78 Å². The van der Waals surface area contributed by atoms with Gasteiger partial charge in [-0.15, -0.1) is 11.3 Å². The SMILES string of the molecule is [N-]=[N+]=Nc1ccsc1/C=C/C(=O)C[N+](=O)[O-]. The number of thiophene rings is 1. The summed E-state index contributed by atoms with van der Waals surface area (Å²) in [7, 11) is 0. The second-order valence-electron chi connectivity index (χ2n) is 2.65. The van der Waals surface area contributed by atoms with Crippen molar-refractivity contribution in [1.82, 2.24) is 0 Å². The molecule has 0 saturated carbocycles. The number of rotatable bonds is 5. The molecule has 0 aromatic carbocycles. The Balaban J connectivity index is 2.76. The Labute approximate surface area is 93.8 Å². The third-order valence-electron chi connectivity index (χ3n) is 1.53. The molecule has 1 aromatic rings. The van der Waals surface area contributed by atoms with E-state index in [-0.39, 0.29) is 0 Å². The Kier molecular flexibility index (Phi) is 4.19. The molecule has 0 aliphatic rings. The molecule has 1 aromatic heterocycles. The summed E-state index contributed by atoms with van der Waals surface area (Å²) in [5.74, 6) is -0.606. The van der Waals surface area contributed by atoms with Gasteiger partial charge >= 0.3 is 0 Å². The lowest BCUT2D eigenvalue weighted by atomic mass is 10.3. The van der Waals surface area contributed by atoms with Gasteiger partial charge in [-0.1, -0.05) is 5.11 Å². The largest absolute Gasteiger partial charge is 0.287 e. The van der Waals surface area contributed by atoms with E-state index in [0.29, 0.717) is 10.6 Å². The molecule has 0 fully saturated rings. The standard InChI is InChI=1S/C8H6N4O3S/c9-11-10-7-3-4-16-8(7)2-1-6(13)5-12(14)15/h1-4H,5H2/b2-1+. The number of carbonyl (C=O) groups is 1. The number of ketones is 1. The molecule has 7 nitrogen and oxygen atoms in total. The minimum absolute atomic E-state index is 0.401. The van der Waals surface area contributed by atoms with Crippen molar-refractivity contribution in [1.29, 1.82) is 0 Å². The molecule has 0 atom stereocenters. The van der Waals surface area contributed by atoms with E-state index in [1.54, 1.807) is 11.4 Å². The smallest absolute Gasteiger partial charge is 0.265 e. The molecule has 0 amide bonds. The lowest BCUT2D eigenvalue weighted by molar-refractivity contribution is -0.466. The minimum atomic E-state index is -0.737. The quantitative estimate of drug-likeness (QED) is 0.196. The van der Waals surface area contributed by atoms with Crippen LogP contribution in [0.25, 0.3) is 16.5 Å². The summed E-state index contributed by atoms with van der Waals surface area (Å²) in [6.07, 6.45) is 2.51. The molecule has 1 rings (SSSR count). The van der Waals surface area contributed by atoms with Crippen molar-refractivity contribution in [3.8, 4) is 0 Å². The van der Waals surface area contributed by atoms with E-state index in [9.17, 15) is 14.9 Å². The number of nitro groups is 1. The predicted octanol–water partition coefficient (Wildman–Crippen LogP) is 2.55. The summed E-state index contributed by atoms with van der Waals surface area (Å²) in [5, 5.41) is 15.1. The first-order valence-electron chi connectivity index (χ1n) is 4.09. The highest BCUT2D eigenvalue weighted by Gasteiger charge is 2.05. The highest BCUT2D eigenvalue weighted by atomic mass is 32.1. The fourth-order valence-electron chi connectivity index (χ4n) is 0.918. The van der Waals surface area contributed by atoms with E-state index in [4.69, 9.17) is 5.53 Å². The van der Waals surface area contributed by atoms with Crippen LogP contribution >= 0.6 is 11.3 Å². The van der Waals surface area contributed by atoms with Gasteiger partial charge in [-0.2, -0.15) is 0 Å². The lowest BCUT2D eigenvalue weighted by Gasteiger charge is -1.89. The van der Waals surface area contributed by atoms with Gasteiger partial charge in [-0.05, 0) is 29.1 Å². The van der Waals surface area contributed by atoms with Gasteiger partial charge in [-0.25, -0.2) is 0 Å². The molecule has 82 valence electrons. The van der Waals surface area contributed by atoms with Crippen molar-refractivity contribution in [2.75, 3.05) is 6.54 Å². The summed E-state index contributed by atoms with van der Waals surface area (Å²) in [4.78, 5) is 23.5. The van der Waals surface area contributed by atoms with Gasteiger partial charge < -0.3 is 0 Å². The number of azide groups is 1. The van der Waals surface area contributed by atoms with Crippen LogP contribution in [0.2, 0.25) is 0 Å². The Morgan fingerprint density at radius 1 is 1.75 bits per heavy atom. The summed E-state index contributed by atoms with van der Waals surface area (Å²) < 4.78 is 0. The van der Waals surface area contributed by atoms with Crippen LogP contribution in [0.15, 0.2) is 22.6 Å². The zero-order valence-electron chi connectivity index (χ0n) is 7.94. The molecular weight excluding hydrogens is 232 g/mol. The maximum absolute atomic E-state index is 11.0. The van der Waals surface area contributed by atoms with Gasteiger partial charge in [0, 0.05) is 14.7 Å². The van der Waals surface area contributed by atoms with Gasteiger partial charge in [0.25, 0.3) is 6.54 Å². The van der Waals surface area contributed by atoms with E-state index in [0.717, 1.165) is 6.08 Å². The molecule has 0 spiro atoms. The first-order valence-corrected chi connectivity index (χ1v) is 4.96. The van der Waals surface area contributed by atoms with Crippen molar-refractivity contribution in [2.24, 2.45) is 5.11 Å². The van der Waals surface area contributed by atoms with E-state index in [1.807, 2.05) is 0 Å². The molecule has 0 aliphatic heterocycles. The minimum Gasteiger partial charge on any atom is -0.287 e. The second-order valence-corrected chi connectivity index (χ2v) is 3.60. The maximum atomic E-state index is 11.0. The predicted molar refractivity (Wildman–Crippen MR) is 59.0 cm³/mol. The molecule has 16 heavy (non-hydrogen) atoms. The average molecular weight is 238 g/mol. The summed E-state index contributed by atoms with van der Waals surface area (Å²) in [6, 6.07) is 1.60. The second kappa shape index (κ2) is 5.64. The van der Waals surface area contributed by atoms with Crippen LogP contribution in [-0.2, 0) is 4.79 Å². The number of nitrogens with zero attached hydrogens (tertiary/aromatic N) is 4. The Morgan fingerprint density at radius 2 is 2.50 bits per heavy atom. The molecule has 1 heterocycles. The molecule has 0 N–H and O–H groups in total. The molecule has 0 bridgehead atoms. The van der Waals surface area contributed by atoms with Crippen molar-refractivity contribution < 1.29 is 9.72 Å². The fourth-order valence-corrected chi connectivity index (χ4v) is 1.64. The van der Waals surface area contributed by atoms with Crippen LogP contribution in [0.4, 0.5) is 5.69 Å². The van der Waals surface area contributed by atoms with E-state index in [1.165, 1.54) is 17.4 Å². The van der Waals surface area contributed by atoms with Crippen molar-refractivity contribution >= 4 is 28.9 Å². The fraction of sp³-hybridized carbons (Fsp3) is 0.125. The van der Waals surface area contributed by atoms with Crippen LogP contribution in [-0.4, -0.2) is 17.3 Å². The first-order chi connectivity index (χ1) is 7.63. The summed E-state index contributed by atoms with van der Waals surface area (Å²) in [5.41, 5.74) is 8.64. The van der Waals surface area contributed by atoms with Crippen LogP contribution in [0.1, 0.15) is 4.88 Å². The van der Waals surface area contributed by atoms with Crippen LogP contribution < -0.4 is 0 Å². The zero-order valence-corrected chi connectivity index (χ0v) is 8.75. The molecular formula is C8H6N4O3S. The van der Waals surface area contributed by atoms with Crippen LogP contribution in [0.5, 0.6) is 0 Å². The highest BCUT2D eigenvalue weighted by molar-refractivity contribution is 7.11. The lowest BCUT2D eigenvalue weighted by Crippen LogP contribution is -2.10. The molecule has 0 saturated heterocycles. The van der Waals surface area contributed by atoms with Crippen molar-refractivity contribution in [3.05, 3.63) is 43.0 Å². The van der Waals surface area contributed by atoms with Crippen molar-refractivity contribution in [3.63, 3.8) is 0 Å². The topological polar surface area (TPSA) is 109 Å². The van der Waals surface area contributed by atoms with Gasteiger partial charge in [0.05, 0.1) is 5.69 Å². The monoisotopic (exact) mass is 238 g/mol. The maximum Gasteiger partial charge on any atom is 0.265 e. The molecule has 0 aliphatic carbocycles. The van der Waals surface area contributed by atoms with Crippen LogP contribution in [0.3, 0.4) is 0 Å². The van der Waals surface area contributed by atoms with Gasteiger partial charge in [0.15, 0.2) is 0 Å². The van der Waals surface area contributed by atoms with Gasteiger partial charge in [0.1, 0.15) is 0 Å². The summed E-state index contributed by atoms with van der Waals surface area (Å²) in [6.45, 7) is -0.737. The van der Waals surface area contributed by atoms with Crippen molar-refractivity contribution in [2.45, 2.75) is 0 Å². The highest BCUT2D eigenvalue weighted by Crippen LogP contribution is 2.26. The third-order valence-corrected chi connectivity index (χ3v) is 2.40. The molecule has 8 heteroatoms. The molecule has 0 unspecified atom stereocenters. The number of hydrogen-bond acceptors (Lipinski definition) is 5. The zero-order chi connectivity index (χ0) is 12.0.